The van der Waals surface area contributed by atoms with Crippen LogP contribution in [0.4, 0.5) is 14.5 Å². The van der Waals surface area contributed by atoms with Crippen molar-refractivity contribution in [2.45, 2.75) is 25.3 Å². The lowest BCUT2D eigenvalue weighted by molar-refractivity contribution is -0.144. The number of piperidine rings is 1. The molecule has 0 radical (unpaired) electrons. The Labute approximate surface area is 128 Å². The molecule has 2 amide bonds. The van der Waals surface area contributed by atoms with Gasteiger partial charge in [0, 0.05) is 12.6 Å². The van der Waals surface area contributed by atoms with Crippen LogP contribution in [0.2, 0.25) is 0 Å². The molecule has 112 valence electrons. The second kappa shape index (κ2) is 5.36. The molecular weight excluding hydrogens is 346 g/mol. The molecule has 4 nitrogen and oxygen atoms in total. The Morgan fingerprint density at radius 2 is 1.90 bits per heavy atom. The number of carbonyl (C=O) groups excluding carboxylic acids is 2. The number of carbonyl (C=O) groups is 2. The number of piperazine rings is 1. The number of hydrogen-bond acceptors (Lipinski definition) is 2. The lowest BCUT2D eigenvalue weighted by Gasteiger charge is -2.42. The number of benzene rings is 1. The van der Waals surface area contributed by atoms with Crippen LogP contribution >= 0.6 is 15.9 Å². The Morgan fingerprint density at radius 1 is 1.14 bits per heavy atom. The number of halogens is 3. The minimum Gasteiger partial charge on any atom is -0.329 e. The zero-order valence-corrected chi connectivity index (χ0v) is 12.7. The SMILES string of the molecule is O=C1C2CCCCN2C(=O)CN1c1cc(F)c(Br)cc1F. The molecule has 2 fully saturated rings. The van der Waals surface area contributed by atoms with E-state index in [1.54, 1.807) is 4.90 Å². The topological polar surface area (TPSA) is 40.6 Å². The lowest BCUT2D eigenvalue weighted by atomic mass is 9.98. The summed E-state index contributed by atoms with van der Waals surface area (Å²) in [6.45, 7) is 0.313. The molecular formula is C14H13BrF2N2O2. The molecule has 2 aliphatic heterocycles. The van der Waals surface area contributed by atoms with Gasteiger partial charge in [-0.3, -0.25) is 14.5 Å². The molecule has 2 aliphatic rings. The van der Waals surface area contributed by atoms with Gasteiger partial charge in [0.25, 0.3) is 0 Å². The maximum absolute atomic E-state index is 14.0. The number of fused-ring (bicyclic) bond motifs is 1. The van der Waals surface area contributed by atoms with E-state index in [1.807, 2.05) is 0 Å². The lowest BCUT2D eigenvalue weighted by Crippen LogP contribution is -2.61. The van der Waals surface area contributed by atoms with E-state index >= 15 is 0 Å². The van der Waals surface area contributed by atoms with Crippen molar-refractivity contribution < 1.29 is 18.4 Å². The predicted molar refractivity (Wildman–Crippen MR) is 75.8 cm³/mol. The van der Waals surface area contributed by atoms with Crippen LogP contribution in [0.5, 0.6) is 0 Å². The summed E-state index contributed by atoms with van der Waals surface area (Å²) >= 11 is 2.89. The molecule has 0 aromatic heterocycles. The first-order valence-electron chi connectivity index (χ1n) is 6.74. The van der Waals surface area contributed by atoms with Crippen molar-refractivity contribution in [3.63, 3.8) is 0 Å². The first-order chi connectivity index (χ1) is 9.99. The van der Waals surface area contributed by atoms with Gasteiger partial charge < -0.3 is 4.90 Å². The Bertz CT molecular complexity index is 623. The van der Waals surface area contributed by atoms with Crippen LogP contribution in [-0.4, -0.2) is 35.8 Å². The zero-order valence-electron chi connectivity index (χ0n) is 11.1. The second-order valence-corrected chi connectivity index (χ2v) is 6.10. The van der Waals surface area contributed by atoms with Crippen LogP contribution in [0.1, 0.15) is 19.3 Å². The van der Waals surface area contributed by atoms with E-state index in [4.69, 9.17) is 0 Å². The van der Waals surface area contributed by atoms with Crippen LogP contribution in [0.3, 0.4) is 0 Å². The third-order valence-electron chi connectivity index (χ3n) is 3.95. The van der Waals surface area contributed by atoms with Gasteiger partial charge in [-0.2, -0.15) is 0 Å². The van der Waals surface area contributed by atoms with Gasteiger partial charge in [-0.05, 0) is 41.3 Å². The van der Waals surface area contributed by atoms with Gasteiger partial charge in [-0.15, -0.1) is 0 Å². The second-order valence-electron chi connectivity index (χ2n) is 5.24. The van der Waals surface area contributed by atoms with Gasteiger partial charge in [0.15, 0.2) is 0 Å². The van der Waals surface area contributed by atoms with E-state index in [9.17, 15) is 18.4 Å². The first-order valence-corrected chi connectivity index (χ1v) is 7.53. The Morgan fingerprint density at radius 3 is 2.67 bits per heavy atom. The largest absolute Gasteiger partial charge is 0.329 e. The van der Waals surface area contributed by atoms with Crippen LogP contribution in [0.15, 0.2) is 16.6 Å². The monoisotopic (exact) mass is 358 g/mol. The van der Waals surface area contributed by atoms with Crippen LogP contribution in [-0.2, 0) is 9.59 Å². The van der Waals surface area contributed by atoms with Gasteiger partial charge in [0.1, 0.15) is 24.2 Å². The van der Waals surface area contributed by atoms with Crippen molar-refractivity contribution in [2.75, 3.05) is 18.0 Å². The highest BCUT2D eigenvalue weighted by atomic mass is 79.9. The Balaban J connectivity index is 1.97. The summed E-state index contributed by atoms with van der Waals surface area (Å²) in [6.07, 6.45) is 2.30. The maximum atomic E-state index is 14.0. The fourth-order valence-electron chi connectivity index (χ4n) is 2.89. The number of amides is 2. The van der Waals surface area contributed by atoms with E-state index in [2.05, 4.69) is 15.9 Å². The van der Waals surface area contributed by atoms with Gasteiger partial charge in [-0.1, -0.05) is 0 Å². The fourth-order valence-corrected chi connectivity index (χ4v) is 3.21. The maximum Gasteiger partial charge on any atom is 0.250 e. The summed E-state index contributed by atoms with van der Waals surface area (Å²) < 4.78 is 27.6. The Hall–Kier alpha value is -1.50. The van der Waals surface area contributed by atoms with Crippen molar-refractivity contribution in [3.8, 4) is 0 Å². The highest BCUT2D eigenvalue weighted by molar-refractivity contribution is 9.10. The summed E-state index contributed by atoms with van der Waals surface area (Å²) in [5, 5.41) is 0. The molecule has 0 spiro atoms. The van der Waals surface area contributed by atoms with Crippen molar-refractivity contribution in [2.24, 2.45) is 0 Å². The highest BCUT2D eigenvalue weighted by Crippen LogP contribution is 2.31. The first kappa shape index (κ1) is 14.4. The molecule has 0 N–H and O–H groups in total. The average molecular weight is 359 g/mol. The molecule has 1 aromatic rings. The molecule has 2 heterocycles. The van der Waals surface area contributed by atoms with E-state index in [0.29, 0.717) is 13.0 Å². The summed E-state index contributed by atoms with van der Waals surface area (Å²) in [5.74, 6) is -1.96. The van der Waals surface area contributed by atoms with E-state index in [1.165, 1.54) is 0 Å². The van der Waals surface area contributed by atoms with Gasteiger partial charge in [0.05, 0.1) is 10.2 Å². The van der Waals surface area contributed by atoms with Crippen molar-refractivity contribution in [1.29, 1.82) is 0 Å². The van der Waals surface area contributed by atoms with Gasteiger partial charge in [0.2, 0.25) is 11.8 Å². The van der Waals surface area contributed by atoms with Crippen molar-refractivity contribution in [3.05, 3.63) is 28.2 Å². The zero-order chi connectivity index (χ0) is 15.1. The molecule has 0 saturated carbocycles. The van der Waals surface area contributed by atoms with E-state index in [-0.39, 0.29) is 28.5 Å². The molecule has 3 rings (SSSR count). The van der Waals surface area contributed by atoms with Crippen LogP contribution in [0.25, 0.3) is 0 Å². The van der Waals surface area contributed by atoms with Gasteiger partial charge in [-0.25, -0.2) is 8.78 Å². The standard InChI is InChI=1S/C14H13BrF2N2O2/c15-8-5-10(17)12(6-9(8)16)19-7-13(20)18-4-2-1-3-11(18)14(19)21/h5-6,11H,1-4,7H2. The summed E-state index contributed by atoms with van der Waals surface area (Å²) in [6, 6.07) is 1.37. The molecule has 21 heavy (non-hydrogen) atoms. The Kier molecular flexibility index (Phi) is 3.69. The fraction of sp³-hybridized carbons (Fsp3) is 0.429. The summed E-state index contributed by atoms with van der Waals surface area (Å²) in [7, 11) is 0. The number of anilines is 1. The summed E-state index contributed by atoms with van der Waals surface area (Å²) in [5.41, 5.74) is -0.181. The van der Waals surface area contributed by atoms with Crippen molar-refractivity contribution in [1.82, 2.24) is 4.90 Å². The smallest absolute Gasteiger partial charge is 0.250 e. The predicted octanol–water partition coefficient (Wildman–Crippen LogP) is 2.46. The molecule has 1 unspecified atom stereocenters. The minimum atomic E-state index is -0.728. The average Bonchev–Trinajstić information content (AvgIpc) is 2.47. The third kappa shape index (κ3) is 2.43. The van der Waals surface area contributed by atoms with Gasteiger partial charge >= 0.3 is 0 Å². The number of nitrogens with zero attached hydrogens (tertiary/aromatic N) is 2. The molecule has 0 bridgehead atoms. The molecule has 1 atom stereocenters. The molecule has 1 aromatic carbocycles. The minimum absolute atomic E-state index is 0.0150. The molecule has 7 heteroatoms. The molecule has 0 aliphatic carbocycles. The highest BCUT2D eigenvalue weighted by Gasteiger charge is 2.41. The van der Waals surface area contributed by atoms with E-state index in [0.717, 1.165) is 29.9 Å². The summed E-state index contributed by atoms with van der Waals surface area (Å²) in [4.78, 5) is 27.2. The number of rotatable bonds is 1. The van der Waals surface area contributed by atoms with Crippen LogP contribution in [0, 0.1) is 11.6 Å². The normalized spacial score (nSPS) is 22.5. The quantitative estimate of drug-likeness (QED) is 0.723. The van der Waals surface area contributed by atoms with Crippen molar-refractivity contribution >= 4 is 33.4 Å². The number of hydrogen-bond donors (Lipinski definition) is 0. The molecule has 2 saturated heterocycles. The third-order valence-corrected chi connectivity index (χ3v) is 4.56. The van der Waals surface area contributed by atoms with E-state index < -0.39 is 17.7 Å². The van der Waals surface area contributed by atoms with Crippen LogP contribution < -0.4 is 4.90 Å².